The first-order valence-electron chi connectivity index (χ1n) is 5.98. The Hall–Kier alpha value is -0.930. The van der Waals surface area contributed by atoms with Gasteiger partial charge < -0.3 is 10.6 Å². The Morgan fingerprint density at radius 3 is 3.12 bits per heavy atom. The van der Waals surface area contributed by atoms with Crippen LogP contribution in [0.15, 0.2) is 24.3 Å². The average molecular weight is 222 g/mol. The van der Waals surface area contributed by atoms with Gasteiger partial charge in [0.1, 0.15) is 5.82 Å². The molecule has 0 saturated carbocycles. The Bertz CT molecular complexity index is 334. The molecule has 1 aromatic rings. The van der Waals surface area contributed by atoms with E-state index in [0.29, 0.717) is 6.04 Å². The summed E-state index contributed by atoms with van der Waals surface area (Å²) in [6, 6.07) is 7.59. The molecule has 1 aliphatic rings. The predicted molar refractivity (Wildman–Crippen MR) is 63.8 cm³/mol. The lowest BCUT2D eigenvalue weighted by atomic mass is 10.1. The molecule has 16 heavy (non-hydrogen) atoms. The summed E-state index contributed by atoms with van der Waals surface area (Å²) in [6.45, 7) is 4.15. The second kappa shape index (κ2) is 5.41. The van der Waals surface area contributed by atoms with Crippen molar-refractivity contribution < 1.29 is 4.39 Å². The first-order chi connectivity index (χ1) is 7.75. The Labute approximate surface area is 96.2 Å². The van der Waals surface area contributed by atoms with Crippen LogP contribution in [-0.4, -0.2) is 19.1 Å². The van der Waals surface area contributed by atoms with Crippen LogP contribution >= 0.6 is 0 Å². The van der Waals surface area contributed by atoms with E-state index in [4.69, 9.17) is 0 Å². The highest BCUT2D eigenvalue weighted by atomic mass is 19.1. The van der Waals surface area contributed by atoms with Crippen molar-refractivity contribution in [3.05, 3.63) is 35.6 Å². The van der Waals surface area contributed by atoms with Crippen LogP contribution in [0.3, 0.4) is 0 Å². The van der Waals surface area contributed by atoms with Crippen LogP contribution in [0.4, 0.5) is 4.39 Å². The molecule has 0 aliphatic carbocycles. The molecule has 1 unspecified atom stereocenters. The number of nitrogens with one attached hydrogen (secondary N) is 2. The fourth-order valence-corrected chi connectivity index (χ4v) is 2.14. The van der Waals surface area contributed by atoms with Crippen LogP contribution in [0.2, 0.25) is 0 Å². The van der Waals surface area contributed by atoms with Crippen molar-refractivity contribution >= 4 is 0 Å². The predicted octanol–water partition coefficient (Wildman–Crippen LogP) is 2.23. The highest BCUT2D eigenvalue weighted by Crippen LogP contribution is 2.14. The standard InChI is InChI=1S/C13H19FN2/c1-10(11-4-2-5-12(14)8-11)16-9-13-6-3-7-15-13/h2,4-5,8,10,13,15-16H,3,6-7,9H2,1H3/t10-,13?/m1/s1. The third-order valence-corrected chi connectivity index (χ3v) is 3.18. The molecule has 0 radical (unpaired) electrons. The molecule has 1 aliphatic heterocycles. The van der Waals surface area contributed by atoms with Gasteiger partial charge in [-0.25, -0.2) is 4.39 Å². The fraction of sp³-hybridized carbons (Fsp3) is 0.538. The van der Waals surface area contributed by atoms with Crippen molar-refractivity contribution in [2.45, 2.75) is 31.8 Å². The molecule has 1 aromatic carbocycles. The maximum Gasteiger partial charge on any atom is 0.123 e. The molecule has 2 rings (SSSR count). The van der Waals surface area contributed by atoms with Gasteiger partial charge >= 0.3 is 0 Å². The van der Waals surface area contributed by atoms with Crippen molar-refractivity contribution in [1.82, 2.24) is 10.6 Å². The molecular formula is C13H19FN2. The maximum atomic E-state index is 13.0. The van der Waals surface area contributed by atoms with Crippen molar-refractivity contribution in [2.75, 3.05) is 13.1 Å². The van der Waals surface area contributed by atoms with Gasteiger partial charge in [0.05, 0.1) is 0 Å². The van der Waals surface area contributed by atoms with Gasteiger partial charge in [0.25, 0.3) is 0 Å². The van der Waals surface area contributed by atoms with Crippen LogP contribution in [0.5, 0.6) is 0 Å². The smallest absolute Gasteiger partial charge is 0.123 e. The van der Waals surface area contributed by atoms with Crippen LogP contribution < -0.4 is 10.6 Å². The van der Waals surface area contributed by atoms with Gasteiger partial charge in [-0.3, -0.25) is 0 Å². The molecule has 2 atom stereocenters. The minimum absolute atomic E-state index is 0.162. The highest BCUT2D eigenvalue weighted by molar-refractivity contribution is 5.19. The zero-order valence-corrected chi connectivity index (χ0v) is 9.67. The van der Waals surface area contributed by atoms with Crippen LogP contribution in [-0.2, 0) is 0 Å². The molecule has 0 amide bonds. The summed E-state index contributed by atoms with van der Waals surface area (Å²) < 4.78 is 13.0. The van der Waals surface area contributed by atoms with E-state index in [9.17, 15) is 4.39 Å². The van der Waals surface area contributed by atoms with Crippen molar-refractivity contribution in [2.24, 2.45) is 0 Å². The number of hydrogen-bond donors (Lipinski definition) is 2. The third-order valence-electron chi connectivity index (χ3n) is 3.18. The van der Waals surface area contributed by atoms with E-state index in [1.807, 2.05) is 6.07 Å². The van der Waals surface area contributed by atoms with Crippen molar-refractivity contribution in [3.63, 3.8) is 0 Å². The molecule has 2 N–H and O–H groups in total. The first-order valence-corrected chi connectivity index (χ1v) is 5.98. The van der Waals surface area contributed by atoms with E-state index in [-0.39, 0.29) is 11.9 Å². The molecule has 2 nitrogen and oxygen atoms in total. The third kappa shape index (κ3) is 3.03. The maximum absolute atomic E-state index is 13.0. The molecular weight excluding hydrogens is 203 g/mol. The normalized spacial score (nSPS) is 22.2. The monoisotopic (exact) mass is 222 g/mol. The van der Waals surface area contributed by atoms with Crippen LogP contribution in [0.1, 0.15) is 31.4 Å². The molecule has 1 saturated heterocycles. The largest absolute Gasteiger partial charge is 0.313 e. The summed E-state index contributed by atoms with van der Waals surface area (Å²) in [5, 5.41) is 6.88. The summed E-state index contributed by atoms with van der Waals surface area (Å²) in [4.78, 5) is 0. The number of benzene rings is 1. The van der Waals surface area contributed by atoms with Crippen LogP contribution in [0, 0.1) is 5.82 Å². The quantitative estimate of drug-likeness (QED) is 0.816. The minimum Gasteiger partial charge on any atom is -0.313 e. The van der Waals surface area contributed by atoms with Crippen molar-refractivity contribution in [3.8, 4) is 0 Å². The van der Waals surface area contributed by atoms with Crippen LogP contribution in [0.25, 0.3) is 0 Å². The summed E-state index contributed by atoms with van der Waals surface area (Å²) in [7, 11) is 0. The molecule has 88 valence electrons. The number of hydrogen-bond acceptors (Lipinski definition) is 2. The second-order valence-corrected chi connectivity index (χ2v) is 4.48. The van der Waals surface area contributed by atoms with Gasteiger partial charge in [-0.15, -0.1) is 0 Å². The Kier molecular flexibility index (Phi) is 3.91. The Morgan fingerprint density at radius 2 is 2.44 bits per heavy atom. The van der Waals surface area contributed by atoms with E-state index >= 15 is 0 Å². The van der Waals surface area contributed by atoms with Gasteiger partial charge in [-0.05, 0) is 44.0 Å². The molecule has 3 heteroatoms. The van der Waals surface area contributed by atoms with Gasteiger partial charge in [0.15, 0.2) is 0 Å². The molecule has 0 spiro atoms. The molecule has 0 aromatic heterocycles. The lowest BCUT2D eigenvalue weighted by molar-refractivity contribution is 0.488. The van der Waals surface area contributed by atoms with E-state index in [0.717, 1.165) is 18.7 Å². The van der Waals surface area contributed by atoms with E-state index in [1.54, 1.807) is 12.1 Å². The van der Waals surface area contributed by atoms with Crippen molar-refractivity contribution in [1.29, 1.82) is 0 Å². The summed E-state index contributed by atoms with van der Waals surface area (Å²) in [6.07, 6.45) is 2.50. The van der Waals surface area contributed by atoms with E-state index in [1.165, 1.54) is 18.9 Å². The zero-order valence-electron chi connectivity index (χ0n) is 9.67. The van der Waals surface area contributed by atoms with Gasteiger partial charge in [-0.2, -0.15) is 0 Å². The lowest BCUT2D eigenvalue weighted by Gasteiger charge is -2.17. The average Bonchev–Trinajstić information content (AvgIpc) is 2.78. The summed E-state index contributed by atoms with van der Waals surface area (Å²) in [5.74, 6) is -0.162. The Balaban J connectivity index is 1.85. The number of halogens is 1. The fourth-order valence-electron chi connectivity index (χ4n) is 2.14. The number of rotatable bonds is 4. The first kappa shape index (κ1) is 11.6. The lowest BCUT2D eigenvalue weighted by Crippen LogP contribution is -2.35. The summed E-state index contributed by atoms with van der Waals surface area (Å²) in [5.41, 5.74) is 1.01. The highest BCUT2D eigenvalue weighted by Gasteiger charge is 2.14. The SMILES string of the molecule is C[C@@H](NCC1CCCN1)c1cccc(F)c1. The topological polar surface area (TPSA) is 24.1 Å². The van der Waals surface area contributed by atoms with Gasteiger partial charge in [0.2, 0.25) is 0 Å². The van der Waals surface area contributed by atoms with Gasteiger partial charge in [0, 0.05) is 18.6 Å². The molecule has 0 bridgehead atoms. The molecule has 1 fully saturated rings. The Morgan fingerprint density at radius 1 is 1.56 bits per heavy atom. The second-order valence-electron chi connectivity index (χ2n) is 4.48. The van der Waals surface area contributed by atoms with E-state index < -0.39 is 0 Å². The van der Waals surface area contributed by atoms with E-state index in [2.05, 4.69) is 17.6 Å². The minimum atomic E-state index is -0.162. The summed E-state index contributed by atoms with van der Waals surface area (Å²) >= 11 is 0. The zero-order chi connectivity index (χ0) is 11.4. The van der Waals surface area contributed by atoms with Gasteiger partial charge in [-0.1, -0.05) is 12.1 Å². The molecule has 1 heterocycles.